The number of ether oxygens (including phenoxy) is 1. The first-order valence-electron chi connectivity index (χ1n) is 6.73. The highest BCUT2D eigenvalue weighted by Crippen LogP contribution is 2.20. The number of rotatable bonds is 6. The Balaban J connectivity index is 1.87. The minimum atomic E-state index is 0.592. The maximum Gasteiger partial charge on any atom is 0.0495 e. The van der Waals surface area contributed by atoms with Gasteiger partial charge in [-0.05, 0) is 37.3 Å². The summed E-state index contributed by atoms with van der Waals surface area (Å²) in [5.41, 5.74) is 1.43. The summed E-state index contributed by atoms with van der Waals surface area (Å²) in [5.74, 6) is 0.753. The molecule has 2 unspecified atom stereocenters. The molecule has 2 nitrogen and oxygen atoms in total. The average molecular weight is 233 g/mol. The van der Waals surface area contributed by atoms with E-state index in [1.54, 1.807) is 0 Å². The predicted molar refractivity (Wildman–Crippen MR) is 71.2 cm³/mol. The van der Waals surface area contributed by atoms with Crippen molar-refractivity contribution in [3.63, 3.8) is 0 Å². The van der Waals surface area contributed by atoms with Crippen molar-refractivity contribution in [2.45, 2.75) is 32.2 Å². The molecule has 0 spiro atoms. The Bertz CT molecular complexity index is 306. The lowest BCUT2D eigenvalue weighted by molar-refractivity contribution is 0.181. The lowest BCUT2D eigenvalue weighted by atomic mass is 9.94. The summed E-state index contributed by atoms with van der Waals surface area (Å²) < 4.78 is 5.46. The smallest absolute Gasteiger partial charge is 0.0495 e. The van der Waals surface area contributed by atoms with E-state index in [0.717, 1.165) is 32.1 Å². The van der Waals surface area contributed by atoms with E-state index in [1.807, 2.05) is 0 Å². The van der Waals surface area contributed by atoms with Crippen molar-refractivity contribution < 1.29 is 4.74 Å². The number of benzene rings is 1. The van der Waals surface area contributed by atoms with Gasteiger partial charge < -0.3 is 10.1 Å². The molecule has 1 aromatic carbocycles. The molecule has 0 saturated carbocycles. The van der Waals surface area contributed by atoms with Crippen LogP contribution in [0.2, 0.25) is 0 Å². The van der Waals surface area contributed by atoms with Crippen molar-refractivity contribution in [3.8, 4) is 0 Å². The van der Waals surface area contributed by atoms with E-state index in [1.165, 1.54) is 18.4 Å². The normalized spacial score (nSPS) is 21.6. The van der Waals surface area contributed by atoms with Gasteiger partial charge in [-0.1, -0.05) is 37.3 Å². The minimum Gasteiger partial charge on any atom is -0.381 e. The van der Waals surface area contributed by atoms with E-state index in [2.05, 4.69) is 42.6 Å². The molecular weight excluding hydrogens is 210 g/mol. The lowest BCUT2D eigenvalue weighted by Gasteiger charge is -2.20. The third kappa shape index (κ3) is 4.14. The zero-order valence-electron chi connectivity index (χ0n) is 10.7. The molecule has 0 aliphatic carbocycles. The molecule has 1 saturated heterocycles. The van der Waals surface area contributed by atoms with Gasteiger partial charge >= 0.3 is 0 Å². The van der Waals surface area contributed by atoms with Crippen LogP contribution in [0, 0.1) is 5.92 Å². The van der Waals surface area contributed by atoms with Crippen LogP contribution in [0.4, 0.5) is 0 Å². The Labute approximate surface area is 104 Å². The van der Waals surface area contributed by atoms with Gasteiger partial charge in [0.1, 0.15) is 0 Å². The second-order valence-electron chi connectivity index (χ2n) is 4.91. The van der Waals surface area contributed by atoms with Crippen LogP contribution in [-0.4, -0.2) is 25.8 Å². The molecule has 1 heterocycles. The van der Waals surface area contributed by atoms with Crippen molar-refractivity contribution in [1.82, 2.24) is 5.32 Å². The van der Waals surface area contributed by atoms with Crippen LogP contribution in [0.15, 0.2) is 30.3 Å². The fourth-order valence-electron chi connectivity index (χ4n) is 2.60. The molecule has 2 heteroatoms. The van der Waals surface area contributed by atoms with Gasteiger partial charge in [0.05, 0.1) is 0 Å². The largest absolute Gasteiger partial charge is 0.381 e. The molecular formula is C15H23NO. The first-order valence-corrected chi connectivity index (χ1v) is 6.73. The molecule has 1 N–H and O–H groups in total. The van der Waals surface area contributed by atoms with Gasteiger partial charge in [0.15, 0.2) is 0 Å². The van der Waals surface area contributed by atoms with Crippen molar-refractivity contribution in [2.24, 2.45) is 5.92 Å². The van der Waals surface area contributed by atoms with E-state index >= 15 is 0 Å². The summed E-state index contributed by atoms with van der Waals surface area (Å²) in [4.78, 5) is 0. The highest BCUT2D eigenvalue weighted by molar-refractivity contribution is 5.15. The van der Waals surface area contributed by atoms with E-state index in [4.69, 9.17) is 4.74 Å². The Morgan fingerprint density at radius 1 is 1.35 bits per heavy atom. The van der Waals surface area contributed by atoms with Crippen molar-refractivity contribution in [1.29, 1.82) is 0 Å². The molecule has 94 valence electrons. The number of hydrogen-bond donors (Lipinski definition) is 1. The van der Waals surface area contributed by atoms with Gasteiger partial charge in [0.2, 0.25) is 0 Å². The van der Waals surface area contributed by atoms with E-state index < -0.39 is 0 Å². The van der Waals surface area contributed by atoms with Gasteiger partial charge in [-0.2, -0.15) is 0 Å². The molecule has 17 heavy (non-hydrogen) atoms. The van der Waals surface area contributed by atoms with Crippen molar-refractivity contribution >= 4 is 0 Å². The number of likely N-dealkylation sites (N-methyl/N-ethyl adjacent to an activating group) is 1. The van der Waals surface area contributed by atoms with Crippen LogP contribution in [0.3, 0.4) is 0 Å². The van der Waals surface area contributed by atoms with Crippen LogP contribution in [-0.2, 0) is 11.2 Å². The standard InChI is InChI=1S/C15H23NO/c1-2-16-15(11-14-8-9-17-12-14)10-13-6-4-3-5-7-13/h3-7,14-16H,2,8-12H2,1H3. The van der Waals surface area contributed by atoms with Crippen molar-refractivity contribution in [3.05, 3.63) is 35.9 Å². The summed E-state index contributed by atoms with van der Waals surface area (Å²) >= 11 is 0. The molecule has 1 aliphatic rings. The summed E-state index contributed by atoms with van der Waals surface area (Å²) in [5, 5.41) is 3.60. The van der Waals surface area contributed by atoms with E-state index in [0.29, 0.717) is 6.04 Å². The molecule has 1 aliphatic heterocycles. The zero-order valence-corrected chi connectivity index (χ0v) is 10.7. The molecule has 1 fully saturated rings. The highest BCUT2D eigenvalue weighted by atomic mass is 16.5. The first kappa shape index (κ1) is 12.6. The Morgan fingerprint density at radius 2 is 2.18 bits per heavy atom. The maximum absolute atomic E-state index is 5.46. The molecule has 2 atom stereocenters. The third-order valence-electron chi connectivity index (χ3n) is 3.46. The fraction of sp³-hybridized carbons (Fsp3) is 0.600. The zero-order chi connectivity index (χ0) is 11.9. The topological polar surface area (TPSA) is 21.3 Å². The van der Waals surface area contributed by atoms with E-state index in [9.17, 15) is 0 Å². The van der Waals surface area contributed by atoms with Gasteiger partial charge in [0.25, 0.3) is 0 Å². The monoisotopic (exact) mass is 233 g/mol. The summed E-state index contributed by atoms with van der Waals surface area (Å²) in [7, 11) is 0. The average Bonchev–Trinajstić information content (AvgIpc) is 2.83. The SMILES string of the molecule is CCNC(Cc1ccccc1)CC1CCOC1. The van der Waals surface area contributed by atoms with Crippen LogP contribution in [0.5, 0.6) is 0 Å². The Hall–Kier alpha value is -0.860. The third-order valence-corrected chi connectivity index (χ3v) is 3.46. The molecule has 0 aromatic heterocycles. The molecule has 0 amide bonds. The van der Waals surface area contributed by atoms with Crippen LogP contribution < -0.4 is 5.32 Å². The minimum absolute atomic E-state index is 0.592. The first-order chi connectivity index (χ1) is 8.38. The molecule has 2 rings (SSSR count). The van der Waals surface area contributed by atoms with Crippen LogP contribution in [0.1, 0.15) is 25.3 Å². The molecule has 1 aromatic rings. The Kier molecular flexibility index (Phi) is 5.02. The van der Waals surface area contributed by atoms with Gasteiger partial charge in [-0.15, -0.1) is 0 Å². The van der Waals surface area contributed by atoms with Crippen molar-refractivity contribution in [2.75, 3.05) is 19.8 Å². The summed E-state index contributed by atoms with van der Waals surface area (Å²) in [6, 6.07) is 11.4. The summed E-state index contributed by atoms with van der Waals surface area (Å²) in [6.07, 6.45) is 3.60. The lowest BCUT2D eigenvalue weighted by Crippen LogP contribution is -2.33. The predicted octanol–water partition coefficient (Wildman–Crippen LogP) is 2.63. The molecule has 0 bridgehead atoms. The quantitative estimate of drug-likeness (QED) is 0.815. The van der Waals surface area contributed by atoms with Crippen LogP contribution >= 0.6 is 0 Å². The van der Waals surface area contributed by atoms with E-state index in [-0.39, 0.29) is 0 Å². The maximum atomic E-state index is 5.46. The number of hydrogen-bond acceptors (Lipinski definition) is 2. The molecule has 0 radical (unpaired) electrons. The summed E-state index contributed by atoms with van der Waals surface area (Å²) in [6.45, 7) is 5.14. The second-order valence-corrected chi connectivity index (χ2v) is 4.91. The van der Waals surface area contributed by atoms with Gasteiger partial charge in [0, 0.05) is 19.3 Å². The van der Waals surface area contributed by atoms with Gasteiger partial charge in [-0.3, -0.25) is 0 Å². The highest BCUT2D eigenvalue weighted by Gasteiger charge is 2.20. The second kappa shape index (κ2) is 6.77. The fourth-order valence-corrected chi connectivity index (χ4v) is 2.60. The Morgan fingerprint density at radius 3 is 2.82 bits per heavy atom. The van der Waals surface area contributed by atoms with Crippen LogP contribution in [0.25, 0.3) is 0 Å². The number of nitrogens with one attached hydrogen (secondary N) is 1. The van der Waals surface area contributed by atoms with Gasteiger partial charge in [-0.25, -0.2) is 0 Å².